The number of quaternary nitrogens is 1. The molecule has 0 spiro atoms. The third kappa shape index (κ3) is 6.79. The maximum absolute atomic E-state index is 14.6. The molecule has 1 unspecified atom stereocenters. The minimum atomic E-state index is -0.731. The van der Waals surface area contributed by atoms with Crippen LogP contribution in [0.1, 0.15) is 35.4 Å². The largest absolute Gasteiger partial charge is 0.370 e. The number of likely N-dealkylation sites (N-methyl/N-ethyl adjacent to an activating group) is 1. The molecular formula is C29H36N5O2+. The fourth-order valence-corrected chi connectivity index (χ4v) is 4.69. The van der Waals surface area contributed by atoms with Crippen LogP contribution in [0.5, 0.6) is 0 Å². The zero-order valence-electron chi connectivity index (χ0n) is 20.8. The Labute approximate surface area is 213 Å². The van der Waals surface area contributed by atoms with Gasteiger partial charge in [0.05, 0.1) is 13.6 Å². The normalized spacial score (nSPS) is 13.5. The van der Waals surface area contributed by atoms with Crippen LogP contribution in [0.2, 0.25) is 0 Å². The number of hydrogen-bond donors (Lipinski definition) is 3. The molecule has 2 amide bonds. The van der Waals surface area contributed by atoms with E-state index in [0.29, 0.717) is 32.4 Å². The lowest BCUT2D eigenvalue weighted by atomic mass is 9.88. The van der Waals surface area contributed by atoms with Crippen LogP contribution >= 0.6 is 0 Å². The van der Waals surface area contributed by atoms with Crippen LogP contribution in [0, 0.1) is 0 Å². The minimum absolute atomic E-state index is 0.00347. The molecule has 188 valence electrons. The molecule has 0 aliphatic heterocycles. The fraction of sp³-hybridized carbons (Fsp3) is 0.276. The molecule has 3 aromatic rings. The third-order valence-corrected chi connectivity index (χ3v) is 6.67. The molecule has 36 heavy (non-hydrogen) atoms. The first kappa shape index (κ1) is 26.6. The van der Waals surface area contributed by atoms with Crippen LogP contribution in [-0.4, -0.2) is 48.4 Å². The van der Waals surface area contributed by atoms with Crippen molar-refractivity contribution >= 4 is 17.8 Å². The van der Waals surface area contributed by atoms with Crippen LogP contribution in [-0.2, 0) is 16.0 Å². The highest BCUT2D eigenvalue weighted by atomic mass is 16.2. The predicted molar refractivity (Wildman–Crippen MR) is 144 cm³/mol. The van der Waals surface area contributed by atoms with Gasteiger partial charge in [0.2, 0.25) is 0 Å². The summed E-state index contributed by atoms with van der Waals surface area (Å²) in [5.74, 6) is -1.14. The second-order valence-electron chi connectivity index (χ2n) is 9.19. The van der Waals surface area contributed by atoms with E-state index in [1.165, 1.54) is 0 Å². The Morgan fingerprint density at radius 1 is 0.806 bits per heavy atom. The van der Waals surface area contributed by atoms with Gasteiger partial charge in [-0.2, -0.15) is 0 Å². The number of rotatable bonds is 12. The number of carbonyl (C=O) groups excluding carboxylic acids is 2. The second kappa shape index (κ2) is 12.7. The average molecular weight is 487 g/mol. The summed E-state index contributed by atoms with van der Waals surface area (Å²) in [5, 5.41) is 0. The van der Waals surface area contributed by atoms with Crippen molar-refractivity contribution < 1.29 is 14.1 Å². The van der Waals surface area contributed by atoms with Gasteiger partial charge in [-0.3, -0.25) is 14.3 Å². The van der Waals surface area contributed by atoms with Crippen LogP contribution in [0.3, 0.4) is 0 Å². The Kier molecular flexibility index (Phi) is 9.36. The summed E-state index contributed by atoms with van der Waals surface area (Å²) in [4.78, 5) is 31.5. The molecule has 0 aromatic heterocycles. The van der Waals surface area contributed by atoms with E-state index in [0.717, 1.165) is 16.7 Å². The van der Waals surface area contributed by atoms with E-state index in [2.05, 4.69) is 4.99 Å². The fourth-order valence-electron chi connectivity index (χ4n) is 4.69. The number of nitrogens with zero attached hydrogens (tertiary/aromatic N) is 2. The topological polar surface area (TPSA) is 125 Å². The van der Waals surface area contributed by atoms with E-state index >= 15 is 0 Å². The zero-order valence-corrected chi connectivity index (χ0v) is 20.8. The van der Waals surface area contributed by atoms with Crippen molar-refractivity contribution in [2.75, 3.05) is 20.1 Å². The highest BCUT2D eigenvalue weighted by Crippen LogP contribution is 2.32. The van der Waals surface area contributed by atoms with Crippen molar-refractivity contribution in [1.82, 2.24) is 0 Å². The first-order valence-electron chi connectivity index (χ1n) is 12.2. The second-order valence-corrected chi connectivity index (χ2v) is 9.19. The number of amides is 2. The molecule has 0 saturated heterocycles. The molecule has 2 atom stereocenters. The van der Waals surface area contributed by atoms with Crippen LogP contribution in [0.4, 0.5) is 0 Å². The highest BCUT2D eigenvalue weighted by molar-refractivity contribution is 5.86. The van der Waals surface area contributed by atoms with Crippen LogP contribution in [0.25, 0.3) is 0 Å². The van der Waals surface area contributed by atoms with Crippen molar-refractivity contribution in [2.45, 2.75) is 31.2 Å². The van der Waals surface area contributed by atoms with Crippen molar-refractivity contribution in [3.05, 3.63) is 108 Å². The summed E-state index contributed by atoms with van der Waals surface area (Å²) in [7, 11) is 1.83. The maximum atomic E-state index is 14.6. The van der Waals surface area contributed by atoms with Gasteiger partial charge in [0, 0.05) is 19.4 Å². The SMILES string of the molecule is C[N@+](CCc1ccccc1)(C(=O)C(c1ccccc1)c1ccccc1)C(CCCN=C(N)N)C(N)=O. The molecular weight excluding hydrogens is 450 g/mol. The molecule has 0 saturated carbocycles. The van der Waals surface area contributed by atoms with Gasteiger partial charge in [0.1, 0.15) is 5.92 Å². The Morgan fingerprint density at radius 2 is 1.31 bits per heavy atom. The summed E-state index contributed by atoms with van der Waals surface area (Å²) in [6, 6.07) is 28.6. The van der Waals surface area contributed by atoms with Gasteiger partial charge in [-0.1, -0.05) is 91.0 Å². The summed E-state index contributed by atoms with van der Waals surface area (Å²) in [6.07, 6.45) is 1.54. The minimum Gasteiger partial charge on any atom is -0.370 e. The number of primary amides is 1. The van der Waals surface area contributed by atoms with Gasteiger partial charge in [-0.25, -0.2) is 4.79 Å². The van der Waals surface area contributed by atoms with Gasteiger partial charge >= 0.3 is 5.91 Å². The number of hydrogen-bond acceptors (Lipinski definition) is 3. The van der Waals surface area contributed by atoms with Crippen molar-refractivity contribution in [3.63, 3.8) is 0 Å². The molecule has 7 nitrogen and oxygen atoms in total. The van der Waals surface area contributed by atoms with Gasteiger partial charge in [0.15, 0.2) is 12.0 Å². The molecule has 0 heterocycles. The number of carbonyl (C=O) groups is 2. The molecule has 0 aliphatic rings. The number of benzene rings is 3. The third-order valence-electron chi connectivity index (χ3n) is 6.67. The summed E-state index contributed by atoms with van der Waals surface area (Å²) in [6.45, 7) is 0.786. The van der Waals surface area contributed by atoms with Gasteiger partial charge in [0.25, 0.3) is 5.91 Å². The van der Waals surface area contributed by atoms with Gasteiger partial charge in [-0.15, -0.1) is 0 Å². The lowest BCUT2D eigenvalue weighted by Crippen LogP contribution is -2.63. The van der Waals surface area contributed by atoms with Crippen LogP contribution in [0.15, 0.2) is 96.0 Å². The summed E-state index contributed by atoms with van der Waals surface area (Å²) in [5.41, 5.74) is 19.7. The van der Waals surface area contributed by atoms with E-state index in [1.807, 2.05) is 98.0 Å². The van der Waals surface area contributed by atoms with Gasteiger partial charge < -0.3 is 17.2 Å². The van der Waals surface area contributed by atoms with Gasteiger partial charge in [-0.05, 0) is 23.1 Å². The molecule has 3 rings (SSSR count). The Balaban J connectivity index is 2.04. The predicted octanol–water partition coefficient (Wildman–Crippen LogP) is 2.94. The monoisotopic (exact) mass is 486 g/mol. The van der Waals surface area contributed by atoms with Crippen molar-refractivity contribution in [3.8, 4) is 0 Å². The van der Waals surface area contributed by atoms with E-state index in [-0.39, 0.29) is 16.3 Å². The Morgan fingerprint density at radius 3 is 1.78 bits per heavy atom. The lowest BCUT2D eigenvalue weighted by molar-refractivity contribution is -0.851. The number of aliphatic imine (C=N–C) groups is 1. The van der Waals surface area contributed by atoms with E-state index < -0.39 is 17.9 Å². The average Bonchev–Trinajstić information content (AvgIpc) is 2.89. The smallest absolute Gasteiger partial charge is 0.326 e. The summed E-state index contributed by atoms with van der Waals surface area (Å²) < 4.78 is -0.124. The molecule has 6 N–H and O–H groups in total. The molecule has 0 fully saturated rings. The van der Waals surface area contributed by atoms with E-state index in [4.69, 9.17) is 17.2 Å². The van der Waals surface area contributed by atoms with E-state index in [9.17, 15) is 9.59 Å². The molecule has 0 aliphatic carbocycles. The van der Waals surface area contributed by atoms with Crippen molar-refractivity contribution in [2.24, 2.45) is 22.2 Å². The Hall–Kier alpha value is -3.97. The number of nitrogens with two attached hydrogens (primary N) is 3. The summed E-state index contributed by atoms with van der Waals surface area (Å²) >= 11 is 0. The van der Waals surface area contributed by atoms with Crippen molar-refractivity contribution in [1.29, 1.82) is 0 Å². The van der Waals surface area contributed by atoms with Crippen LogP contribution < -0.4 is 17.2 Å². The molecule has 3 aromatic carbocycles. The zero-order chi connectivity index (χ0) is 26.0. The molecule has 7 heteroatoms. The highest BCUT2D eigenvalue weighted by Gasteiger charge is 2.47. The lowest BCUT2D eigenvalue weighted by Gasteiger charge is -2.40. The molecule has 0 bridgehead atoms. The molecule has 0 radical (unpaired) electrons. The first-order chi connectivity index (χ1) is 17.3. The Bertz CT molecular complexity index is 1110. The number of guanidine groups is 1. The first-order valence-corrected chi connectivity index (χ1v) is 12.2. The standard InChI is InChI=1S/C29H35N5O2/c1-34(21-19-22-12-5-2-6-13-22,25(27(30)35)18-11-20-33-29(31)32)28(36)26(23-14-7-3-8-15-23)24-16-9-4-10-17-24/h2-10,12-17,25-26H,11,18-21H2,1H3,(H5-,30,31,32,33,35)/p+1/t25?,34-/m1/s1. The van der Waals surface area contributed by atoms with E-state index in [1.54, 1.807) is 0 Å². The quantitative estimate of drug-likeness (QED) is 0.158. The maximum Gasteiger partial charge on any atom is 0.326 e.